The molecular formula is C16H21N3O2S. The molecule has 0 radical (unpaired) electrons. The summed E-state index contributed by atoms with van der Waals surface area (Å²) in [5, 5.41) is 3.32. The number of rotatable bonds is 4. The standard InChI is InChI=1S/C16H21N3O2S/c1-16(2,3)19-15-7-5-6-14(18-15)12-8-10-13(11-9-12)22(20,21)17-4/h5-11,17H,1-4H3,(H,18,19). The number of hydrogen-bond donors (Lipinski definition) is 2. The molecule has 1 aromatic carbocycles. The molecule has 0 amide bonds. The summed E-state index contributed by atoms with van der Waals surface area (Å²) in [6, 6.07) is 12.4. The fraction of sp³-hybridized carbons (Fsp3) is 0.312. The molecule has 0 aliphatic rings. The van der Waals surface area contributed by atoms with Gasteiger partial charge in [0.05, 0.1) is 10.6 Å². The van der Waals surface area contributed by atoms with Crippen molar-refractivity contribution in [3.05, 3.63) is 42.5 Å². The van der Waals surface area contributed by atoms with Gasteiger partial charge in [0.25, 0.3) is 0 Å². The van der Waals surface area contributed by atoms with E-state index in [1.54, 1.807) is 24.3 Å². The smallest absolute Gasteiger partial charge is 0.240 e. The van der Waals surface area contributed by atoms with Crippen molar-refractivity contribution in [1.82, 2.24) is 9.71 Å². The number of benzene rings is 1. The van der Waals surface area contributed by atoms with Crippen LogP contribution < -0.4 is 10.0 Å². The van der Waals surface area contributed by atoms with Crippen LogP contribution in [0.1, 0.15) is 20.8 Å². The summed E-state index contributed by atoms with van der Waals surface area (Å²) in [5.41, 5.74) is 1.59. The lowest BCUT2D eigenvalue weighted by molar-refractivity contribution is 0.588. The maximum atomic E-state index is 11.7. The largest absolute Gasteiger partial charge is 0.365 e. The maximum Gasteiger partial charge on any atom is 0.240 e. The highest BCUT2D eigenvalue weighted by Crippen LogP contribution is 2.22. The van der Waals surface area contributed by atoms with Crippen molar-refractivity contribution in [2.24, 2.45) is 0 Å². The van der Waals surface area contributed by atoms with Crippen molar-refractivity contribution in [3.63, 3.8) is 0 Å². The first kappa shape index (κ1) is 16.5. The lowest BCUT2D eigenvalue weighted by Gasteiger charge is -2.21. The van der Waals surface area contributed by atoms with Crippen LogP contribution in [-0.4, -0.2) is 26.0 Å². The average Bonchev–Trinajstić information content (AvgIpc) is 2.46. The van der Waals surface area contributed by atoms with Gasteiger partial charge in [-0.1, -0.05) is 18.2 Å². The van der Waals surface area contributed by atoms with Gasteiger partial charge in [0, 0.05) is 11.1 Å². The SMILES string of the molecule is CNS(=O)(=O)c1ccc(-c2cccc(NC(C)(C)C)n2)cc1. The zero-order chi connectivity index (χ0) is 16.4. The summed E-state index contributed by atoms with van der Waals surface area (Å²) in [6.07, 6.45) is 0. The molecule has 0 aliphatic heterocycles. The maximum absolute atomic E-state index is 11.7. The zero-order valence-electron chi connectivity index (χ0n) is 13.2. The van der Waals surface area contributed by atoms with Gasteiger partial charge >= 0.3 is 0 Å². The summed E-state index contributed by atoms with van der Waals surface area (Å²) in [4.78, 5) is 4.80. The number of nitrogens with one attached hydrogen (secondary N) is 2. The third-order valence-electron chi connectivity index (χ3n) is 2.98. The Balaban J connectivity index is 2.31. The normalized spacial score (nSPS) is 12.2. The van der Waals surface area contributed by atoms with E-state index in [0.717, 1.165) is 17.1 Å². The molecule has 0 atom stereocenters. The number of pyridine rings is 1. The highest BCUT2D eigenvalue weighted by molar-refractivity contribution is 7.89. The summed E-state index contributed by atoms with van der Waals surface area (Å²) < 4.78 is 25.7. The van der Waals surface area contributed by atoms with E-state index in [2.05, 4.69) is 35.8 Å². The van der Waals surface area contributed by atoms with E-state index in [4.69, 9.17) is 0 Å². The molecule has 0 fully saturated rings. The van der Waals surface area contributed by atoms with Crippen molar-refractivity contribution in [3.8, 4) is 11.3 Å². The molecule has 0 bridgehead atoms. The van der Waals surface area contributed by atoms with Gasteiger partial charge < -0.3 is 5.32 Å². The lowest BCUT2D eigenvalue weighted by atomic mass is 10.1. The third-order valence-corrected chi connectivity index (χ3v) is 4.41. The Labute approximate surface area is 131 Å². The number of anilines is 1. The van der Waals surface area contributed by atoms with Gasteiger partial charge in [-0.25, -0.2) is 18.1 Å². The molecule has 0 spiro atoms. The average molecular weight is 319 g/mol. The first-order valence-corrected chi connectivity index (χ1v) is 8.49. The van der Waals surface area contributed by atoms with Gasteiger partial charge in [0.1, 0.15) is 5.82 Å². The van der Waals surface area contributed by atoms with Gasteiger partial charge in [0.15, 0.2) is 0 Å². The van der Waals surface area contributed by atoms with Gasteiger partial charge in [-0.3, -0.25) is 0 Å². The van der Waals surface area contributed by atoms with Crippen molar-refractivity contribution < 1.29 is 8.42 Å². The molecule has 0 unspecified atom stereocenters. The summed E-state index contributed by atoms with van der Waals surface area (Å²) in [6.45, 7) is 6.20. The van der Waals surface area contributed by atoms with E-state index in [1.807, 2.05) is 18.2 Å². The molecule has 1 aromatic heterocycles. The predicted molar refractivity (Wildman–Crippen MR) is 89.3 cm³/mol. The van der Waals surface area contributed by atoms with Crippen molar-refractivity contribution in [2.45, 2.75) is 31.2 Å². The Morgan fingerprint density at radius 3 is 2.18 bits per heavy atom. The molecule has 6 heteroatoms. The van der Waals surface area contributed by atoms with Crippen molar-refractivity contribution in [2.75, 3.05) is 12.4 Å². The van der Waals surface area contributed by atoms with Crippen LogP contribution in [0.4, 0.5) is 5.82 Å². The Hall–Kier alpha value is -1.92. The van der Waals surface area contributed by atoms with E-state index in [-0.39, 0.29) is 10.4 Å². The van der Waals surface area contributed by atoms with E-state index in [1.165, 1.54) is 7.05 Å². The highest BCUT2D eigenvalue weighted by Gasteiger charge is 2.12. The molecule has 118 valence electrons. The summed E-state index contributed by atoms with van der Waals surface area (Å²) >= 11 is 0. The van der Waals surface area contributed by atoms with Gasteiger partial charge in [-0.15, -0.1) is 0 Å². The molecule has 2 N–H and O–H groups in total. The molecule has 0 saturated heterocycles. The minimum Gasteiger partial charge on any atom is -0.365 e. The molecule has 2 rings (SSSR count). The van der Waals surface area contributed by atoms with Crippen molar-refractivity contribution >= 4 is 15.8 Å². The Kier molecular flexibility index (Phi) is 4.53. The first-order chi connectivity index (χ1) is 10.2. The minimum absolute atomic E-state index is 0.0731. The lowest BCUT2D eigenvalue weighted by Crippen LogP contribution is -2.26. The monoisotopic (exact) mass is 319 g/mol. The minimum atomic E-state index is -3.41. The van der Waals surface area contributed by atoms with E-state index < -0.39 is 10.0 Å². The second-order valence-corrected chi connectivity index (χ2v) is 7.90. The van der Waals surface area contributed by atoms with Crippen LogP contribution in [0.2, 0.25) is 0 Å². The third kappa shape index (κ3) is 4.05. The fourth-order valence-electron chi connectivity index (χ4n) is 1.97. The number of nitrogens with zero attached hydrogens (tertiary/aromatic N) is 1. The van der Waals surface area contributed by atoms with Crippen LogP contribution in [-0.2, 0) is 10.0 Å². The fourth-order valence-corrected chi connectivity index (χ4v) is 2.70. The second-order valence-electron chi connectivity index (χ2n) is 6.02. The van der Waals surface area contributed by atoms with Crippen LogP contribution in [0, 0.1) is 0 Å². The van der Waals surface area contributed by atoms with Crippen LogP contribution in [0.5, 0.6) is 0 Å². The summed E-state index contributed by atoms with van der Waals surface area (Å²) in [7, 11) is -2.02. The van der Waals surface area contributed by atoms with E-state index in [0.29, 0.717) is 0 Å². The molecule has 0 aliphatic carbocycles. The van der Waals surface area contributed by atoms with E-state index in [9.17, 15) is 8.42 Å². The van der Waals surface area contributed by atoms with Gasteiger partial charge in [-0.05, 0) is 52.1 Å². The number of aromatic nitrogens is 1. The van der Waals surface area contributed by atoms with E-state index >= 15 is 0 Å². The zero-order valence-corrected chi connectivity index (χ0v) is 14.0. The quantitative estimate of drug-likeness (QED) is 0.909. The Morgan fingerprint density at radius 2 is 1.64 bits per heavy atom. The number of sulfonamides is 1. The molecule has 0 saturated carbocycles. The second kappa shape index (κ2) is 6.06. The highest BCUT2D eigenvalue weighted by atomic mass is 32.2. The predicted octanol–water partition coefficient (Wildman–Crippen LogP) is 2.87. The van der Waals surface area contributed by atoms with Crippen LogP contribution >= 0.6 is 0 Å². The molecule has 1 heterocycles. The molecular weight excluding hydrogens is 298 g/mol. The van der Waals surface area contributed by atoms with Crippen LogP contribution in [0.15, 0.2) is 47.4 Å². The topological polar surface area (TPSA) is 71.1 Å². The van der Waals surface area contributed by atoms with Gasteiger partial charge in [-0.2, -0.15) is 0 Å². The molecule has 2 aromatic rings. The van der Waals surface area contributed by atoms with Crippen LogP contribution in [0.3, 0.4) is 0 Å². The Bertz CT molecular complexity index is 748. The Morgan fingerprint density at radius 1 is 1.00 bits per heavy atom. The first-order valence-electron chi connectivity index (χ1n) is 7.00. The van der Waals surface area contributed by atoms with Gasteiger partial charge in [0.2, 0.25) is 10.0 Å². The molecule has 22 heavy (non-hydrogen) atoms. The summed E-state index contributed by atoms with van der Waals surface area (Å²) in [5.74, 6) is 0.789. The van der Waals surface area contributed by atoms with Crippen molar-refractivity contribution in [1.29, 1.82) is 0 Å². The van der Waals surface area contributed by atoms with Crippen LogP contribution in [0.25, 0.3) is 11.3 Å². The molecule has 5 nitrogen and oxygen atoms in total. The number of hydrogen-bond acceptors (Lipinski definition) is 4.